The summed E-state index contributed by atoms with van der Waals surface area (Å²) in [5, 5.41) is 0. The number of hydrogen-bond donors (Lipinski definition) is 0. The van der Waals surface area contributed by atoms with Crippen LogP contribution in [-0.4, -0.2) is 25.8 Å². The number of nitrogens with zero attached hydrogens (tertiary/aromatic N) is 1. The fourth-order valence-electron chi connectivity index (χ4n) is 2.15. The minimum atomic E-state index is -0.233. The van der Waals surface area contributed by atoms with Gasteiger partial charge >= 0.3 is 0 Å². The number of anilines is 1. The highest BCUT2D eigenvalue weighted by Gasteiger charge is 2.14. The van der Waals surface area contributed by atoms with Crippen LogP contribution in [0.15, 0.2) is 53.4 Å². The molecule has 0 atom stereocenters. The van der Waals surface area contributed by atoms with E-state index in [1.807, 2.05) is 24.3 Å². The molecule has 0 aliphatic carbocycles. The van der Waals surface area contributed by atoms with E-state index in [4.69, 9.17) is 4.74 Å². The van der Waals surface area contributed by atoms with E-state index >= 15 is 0 Å². The van der Waals surface area contributed by atoms with E-state index in [0.29, 0.717) is 12.2 Å². The average molecular weight is 333 g/mol. The molecule has 0 unspecified atom stereocenters. The van der Waals surface area contributed by atoms with Gasteiger partial charge in [-0.2, -0.15) is 0 Å². The van der Waals surface area contributed by atoms with Gasteiger partial charge in [-0.15, -0.1) is 11.8 Å². The van der Waals surface area contributed by atoms with Gasteiger partial charge in [0.2, 0.25) is 5.91 Å². The molecule has 2 aromatic carbocycles. The Morgan fingerprint density at radius 1 is 1.17 bits per heavy atom. The third kappa shape index (κ3) is 4.99. The van der Waals surface area contributed by atoms with Gasteiger partial charge in [0.05, 0.1) is 12.8 Å². The Hall–Kier alpha value is -2.01. The van der Waals surface area contributed by atoms with Gasteiger partial charge in [-0.1, -0.05) is 12.1 Å². The largest absolute Gasteiger partial charge is 0.495 e. The molecule has 0 spiro atoms. The molecule has 0 aliphatic heterocycles. The lowest BCUT2D eigenvalue weighted by Crippen LogP contribution is -2.26. The van der Waals surface area contributed by atoms with Crippen LogP contribution in [0, 0.1) is 5.82 Å². The van der Waals surface area contributed by atoms with Crippen molar-refractivity contribution in [1.82, 2.24) is 0 Å². The van der Waals surface area contributed by atoms with Crippen molar-refractivity contribution in [1.29, 1.82) is 0 Å². The molecule has 5 heteroatoms. The van der Waals surface area contributed by atoms with Crippen molar-refractivity contribution in [3.05, 3.63) is 54.3 Å². The number of hydrogen-bond acceptors (Lipinski definition) is 3. The van der Waals surface area contributed by atoms with Crippen molar-refractivity contribution in [2.45, 2.75) is 17.7 Å². The normalized spacial score (nSPS) is 10.4. The number of carbonyl (C=O) groups excluding carboxylic acids is 1. The molecule has 0 saturated heterocycles. The Balaban J connectivity index is 1.81. The summed E-state index contributed by atoms with van der Waals surface area (Å²) in [6.07, 6.45) is 1.23. The van der Waals surface area contributed by atoms with Gasteiger partial charge in [-0.3, -0.25) is 4.79 Å². The number of methoxy groups -OCH3 is 1. The first kappa shape index (κ1) is 17.3. The molecule has 2 aromatic rings. The van der Waals surface area contributed by atoms with E-state index in [1.54, 1.807) is 43.0 Å². The van der Waals surface area contributed by atoms with E-state index in [1.165, 1.54) is 12.1 Å². The Morgan fingerprint density at radius 2 is 1.87 bits per heavy atom. The van der Waals surface area contributed by atoms with Gasteiger partial charge < -0.3 is 9.64 Å². The number of para-hydroxylation sites is 2. The maximum absolute atomic E-state index is 12.8. The van der Waals surface area contributed by atoms with Crippen LogP contribution in [0.1, 0.15) is 12.8 Å². The van der Waals surface area contributed by atoms with Crippen LogP contribution in [-0.2, 0) is 4.79 Å². The molecular weight excluding hydrogens is 313 g/mol. The van der Waals surface area contributed by atoms with Crippen LogP contribution in [0.2, 0.25) is 0 Å². The van der Waals surface area contributed by atoms with Crippen molar-refractivity contribution in [3.63, 3.8) is 0 Å². The highest BCUT2D eigenvalue weighted by molar-refractivity contribution is 7.99. The molecule has 0 N–H and O–H groups in total. The van der Waals surface area contributed by atoms with E-state index in [2.05, 4.69) is 0 Å². The maximum Gasteiger partial charge on any atom is 0.226 e. The van der Waals surface area contributed by atoms with Crippen LogP contribution in [0.5, 0.6) is 5.75 Å². The highest BCUT2D eigenvalue weighted by Crippen LogP contribution is 2.27. The zero-order valence-corrected chi connectivity index (χ0v) is 14.1. The van der Waals surface area contributed by atoms with Crippen LogP contribution < -0.4 is 9.64 Å². The Labute approximate surface area is 140 Å². The van der Waals surface area contributed by atoms with Gasteiger partial charge in [0.1, 0.15) is 11.6 Å². The summed E-state index contributed by atoms with van der Waals surface area (Å²) in [5.41, 5.74) is 0.770. The van der Waals surface area contributed by atoms with Gasteiger partial charge in [-0.05, 0) is 48.6 Å². The van der Waals surface area contributed by atoms with Crippen LogP contribution in [0.3, 0.4) is 0 Å². The second-order valence-electron chi connectivity index (χ2n) is 5.03. The predicted octanol–water partition coefficient (Wildman–Crippen LogP) is 4.37. The SMILES string of the molecule is COc1ccccc1N(C)C(=O)CCCSc1ccc(F)cc1. The van der Waals surface area contributed by atoms with E-state index < -0.39 is 0 Å². The minimum absolute atomic E-state index is 0.0502. The van der Waals surface area contributed by atoms with Gasteiger partial charge in [-0.25, -0.2) is 4.39 Å². The first-order valence-corrected chi connectivity index (χ1v) is 8.38. The maximum atomic E-state index is 12.8. The molecule has 23 heavy (non-hydrogen) atoms. The zero-order valence-electron chi connectivity index (χ0n) is 13.3. The van der Waals surface area contributed by atoms with Gasteiger partial charge in [0, 0.05) is 18.4 Å². The van der Waals surface area contributed by atoms with Crippen molar-refractivity contribution in [2.24, 2.45) is 0 Å². The molecule has 122 valence electrons. The topological polar surface area (TPSA) is 29.5 Å². The summed E-state index contributed by atoms with van der Waals surface area (Å²) in [5.74, 6) is 1.32. The van der Waals surface area contributed by atoms with E-state index in [0.717, 1.165) is 22.8 Å². The lowest BCUT2D eigenvalue weighted by Gasteiger charge is -2.19. The average Bonchev–Trinajstić information content (AvgIpc) is 2.59. The van der Waals surface area contributed by atoms with Crippen LogP contribution in [0.25, 0.3) is 0 Å². The molecule has 0 aromatic heterocycles. The van der Waals surface area contributed by atoms with E-state index in [-0.39, 0.29) is 11.7 Å². The Bertz CT molecular complexity index is 646. The molecule has 0 heterocycles. The molecular formula is C18H20FNO2S. The number of carbonyl (C=O) groups is 1. The third-order valence-electron chi connectivity index (χ3n) is 3.44. The molecule has 0 bridgehead atoms. The molecule has 2 rings (SSSR count). The molecule has 0 fully saturated rings. The van der Waals surface area contributed by atoms with E-state index in [9.17, 15) is 9.18 Å². The summed E-state index contributed by atoms with van der Waals surface area (Å²) >= 11 is 1.62. The fourth-order valence-corrected chi connectivity index (χ4v) is 3.01. The van der Waals surface area contributed by atoms with Crippen LogP contribution in [0.4, 0.5) is 10.1 Å². The predicted molar refractivity (Wildman–Crippen MR) is 92.8 cm³/mol. The summed E-state index contributed by atoms with van der Waals surface area (Å²) in [4.78, 5) is 14.9. The molecule has 0 aliphatic rings. The molecule has 0 radical (unpaired) electrons. The van der Waals surface area contributed by atoms with Crippen molar-refractivity contribution >= 4 is 23.4 Å². The summed E-state index contributed by atoms with van der Waals surface area (Å²) in [6, 6.07) is 13.9. The number of ether oxygens (including phenoxy) is 1. The summed E-state index contributed by atoms with van der Waals surface area (Å²) in [6.45, 7) is 0. The zero-order chi connectivity index (χ0) is 16.7. The third-order valence-corrected chi connectivity index (χ3v) is 4.54. The quantitative estimate of drug-likeness (QED) is 0.557. The lowest BCUT2D eigenvalue weighted by atomic mass is 10.2. The minimum Gasteiger partial charge on any atom is -0.495 e. The second-order valence-corrected chi connectivity index (χ2v) is 6.20. The molecule has 1 amide bonds. The smallest absolute Gasteiger partial charge is 0.226 e. The molecule has 3 nitrogen and oxygen atoms in total. The van der Waals surface area contributed by atoms with Crippen LogP contribution >= 0.6 is 11.8 Å². The number of thioether (sulfide) groups is 1. The monoisotopic (exact) mass is 333 g/mol. The number of rotatable bonds is 7. The summed E-state index contributed by atoms with van der Waals surface area (Å²) in [7, 11) is 3.35. The number of benzene rings is 2. The highest BCUT2D eigenvalue weighted by atomic mass is 32.2. The first-order valence-electron chi connectivity index (χ1n) is 7.39. The fraction of sp³-hybridized carbons (Fsp3) is 0.278. The second kappa shape index (κ2) is 8.58. The Morgan fingerprint density at radius 3 is 2.57 bits per heavy atom. The number of halogens is 1. The Kier molecular flexibility index (Phi) is 6.47. The van der Waals surface area contributed by atoms with Gasteiger partial charge in [0.15, 0.2) is 0 Å². The van der Waals surface area contributed by atoms with Crippen molar-refractivity contribution in [3.8, 4) is 5.75 Å². The van der Waals surface area contributed by atoms with Crippen molar-refractivity contribution < 1.29 is 13.9 Å². The van der Waals surface area contributed by atoms with Gasteiger partial charge in [0.25, 0.3) is 0 Å². The molecule has 0 saturated carbocycles. The summed E-state index contributed by atoms with van der Waals surface area (Å²) < 4.78 is 18.1. The lowest BCUT2D eigenvalue weighted by molar-refractivity contribution is -0.118. The number of amides is 1. The standard InChI is InChI=1S/C18H20FNO2S/c1-20(16-6-3-4-7-17(16)22-2)18(21)8-5-13-23-15-11-9-14(19)10-12-15/h3-4,6-7,9-12H,5,8,13H2,1-2H3. The first-order chi connectivity index (χ1) is 11.1. The van der Waals surface area contributed by atoms with Crippen molar-refractivity contribution in [2.75, 3.05) is 24.8 Å².